The van der Waals surface area contributed by atoms with Crippen LogP contribution in [0.5, 0.6) is 0 Å². The molecule has 1 aliphatic heterocycles. The maximum Gasteiger partial charge on any atom is 0.307 e. The van der Waals surface area contributed by atoms with Gasteiger partial charge in [0.15, 0.2) is 0 Å². The van der Waals surface area contributed by atoms with Gasteiger partial charge in [0.1, 0.15) is 11.1 Å². The van der Waals surface area contributed by atoms with Crippen molar-refractivity contribution >= 4 is 33.5 Å². The van der Waals surface area contributed by atoms with Gasteiger partial charge in [0, 0.05) is 19.2 Å². The van der Waals surface area contributed by atoms with Gasteiger partial charge >= 0.3 is 10.2 Å². The predicted octanol–water partition coefficient (Wildman–Crippen LogP) is 0.535. The summed E-state index contributed by atoms with van der Waals surface area (Å²) >= 11 is 5.54. The molecule has 2 rings (SSSR count). The van der Waals surface area contributed by atoms with Gasteiger partial charge in [-0.3, -0.25) is 9.69 Å². The van der Waals surface area contributed by atoms with Gasteiger partial charge in [-0.15, -0.1) is 3.89 Å². The number of hydrogen-bond acceptors (Lipinski definition) is 5. The Kier molecular flexibility index (Phi) is 3.00. The molecule has 0 bridgehead atoms. The highest BCUT2D eigenvalue weighted by atomic mass is 35.5. The number of halogens is 2. The first kappa shape index (κ1) is 12.2. The van der Waals surface area contributed by atoms with E-state index in [0.29, 0.717) is 0 Å². The van der Waals surface area contributed by atoms with Crippen molar-refractivity contribution in [2.24, 2.45) is 0 Å². The lowest BCUT2D eigenvalue weighted by Crippen LogP contribution is -2.27. The molecule has 0 aromatic carbocycles. The molecule has 1 aromatic heterocycles. The van der Waals surface area contributed by atoms with Crippen molar-refractivity contribution < 1.29 is 17.1 Å². The van der Waals surface area contributed by atoms with Gasteiger partial charge < -0.3 is 0 Å². The number of carbonyl (C=O) groups is 1. The Hall–Kier alpha value is -1.28. The molecule has 1 fully saturated rings. The van der Waals surface area contributed by atoms with E-state index in [4.69, 9.17) is 11.6 Å². The molecule has 1 aromatic rings. The average molecular weight is 280 g/mol. The smallest absolute Gasteiger partial charge is 0.295 e. The predicted molar refractivity (Wildman–Crippen MR) is 57.8 cm³/mol. The molecule has 2 heterocycles. The summed E-state index contributed by atoms with van der Waals surface area (Å²) < 4.78 is 34.2. The van der Waals surface area contributed by atoms with Gasteiger partial charge in [0.2, 0.25) is 11.2 Å². The molecule has 1 amide bonds. The monoisotopic (exact) mass is 279 g/mol. The fraction of sp³-hybridized carbons (Fsp3) is 0.375. The molecular formula is C8H7ClFN3O3S. The number of anilines is 1. The normalized spacial score (nSPS) is 20.9. The second-order valence-corrected chi connectivity index (χ2v) is 5.45. The van der Waals surface area contributed by atoms with Gasteiger partial charge in [-0.1, -0.05) is 0 Å². The summed E-state index contributed by atoms with van der Waals surface area (Å²) in [6.07, 6.45) is 0.940. The van der Waals surface area contributed by atoms with Crippen LogP contribution >= 0.6 is 11.6 Å². The third-order valence-electron chi connectivity index (χ3n) is 2.38. The van der Waals surface area contributed by atoms with Crippen LogP contribution in [-0.4, -0.2) is 36.1 Å². The first-order chi connectivity index (χ1) is 7.88. The van der Waals surface area contributed by atoms with Crippen molar-refractivity contribution in [3.05, 3.63) is 17.5 Å². The van der Waals surface area contributed by atoms with Crippen molar-refractivity contribution in [2.45, 2.75) is 11.7 Å². The number of rotatable bonds is 2. The fourth-order valence-corrected chi connectivity index (χ4v) is 2.37. The summed E-state index contributed by atoms with van der Waals surface area (Å²) in [4.78, 5) is 20.0. The van der Waals surface area contributed by atoms with Crippen LogP contribution in [0.15, 0.2) is 12.3 Å². The van der Waals surface area contributed by atoms with Gasteiger partial charge in [-0.2, -0.15) is 8.42 Å². The first-order valence-electron chi connectivity index (χ1n) is 4.60. The van der Waals surface area contributed by atoms with E-state index in [1.54, 1.807) is 0 Å². The molecule has 1 aliphatic rings. The van der Waals surface area contributed by atoms with Crippen LogP contribution in [0.25, 0.3) is 0 Å². The SMILES string of the molecule is O=C1CC(S(=O)(=O)F)CN1c1ccnc(Cl)n1. The topological polar surface area (TPSA) is 80.2 Å². The largest absolute Gasteiger partial charge is 0.307 e. The zero-order valence-corrected chi connectivity index (χ0v) is 9.95. The summed E-state index contributed by atoms with van der Waals surface area (Å²) in [6.45, 7) is -0.259. The number of carbonyl (C=O) groups excluding carboxylic acids is 1. The Morgan fingerprint density at radius 1 is 1.53 bits per heavy atom. The van der Waals surface area contributed by atoms with E-state index in [0.717, 1.165) is 4.90 Å². The minimum atomic E-state index is -4.73. The van der Waals surface area contributed by atoms with Crippen molar-refractivity contribution in [3.8, 4) is 0 Å². The molecule has 1 atom stereocenters. The molecule has 1 saturated heterocycles. The van der Waals surface area contributed by atoms with E-state index in [1.165, 1.54) is 12.3 Å². The number of hydrogen-bond donors (Lipinski definition) is 0. The van der Waals surface area contributed by atoms with Gasteiger partial charge in [-0.05, 0) is 17.7 Å². The Balaban J connectivity index is 2.28. The summed E-state index contributed by atoms with van der Waals surface area (Å²) in [5.41, 5.74) is 0. The molecule has 9 heteroatoms. The van der Waals surface area contributed by atoms with Crippen LogP contribution < -0.4 is 4.90 Å². The van der Waals surface area contributed by atoms with E-state index in [-0.39, 0.29) is 24.1 Å². The summed E-state index contributed by atoms with van der Waals surface area (Å²) in [5.74, 6) is -0.341. The van der Waals surface area contributed by atoms with Crippen LogP contribution in [0, 0.1) is 0 Å². The minimum Gasteiger partial charge on any atom is -0.295 e. The third kappa shape index (κ3) is 2.52. The summed E-state index contributed by atoms with van der Waals surface area (Å²) in [5, 5.41) is -1.41. The molecule has 0 aliphatic carbocycles. The van der Waals surface area contributed by atoms with Crippen molar-refractivity contribution in [3.63, 3.8) is 0 Å². The fourth-order valence-electron chi connectivity index (χ4n) is 1.56. The van der Waals surface area contributed by atoms with E-state index >= 15 is 0 Å². The summed E-state index contributed by atoms with van der Waals surface area (Å²) in [7, 11) is -4.73. The molecule has 0 saturated carbocycles. The van der Waals surface area contributed by atoms with Gasteiger partial charge in [-0.25, -0.2) is 9.97 Å². The van der Waals surface area contributed by atoms with E-state index in [9.17, 15) is 17.1 Å². The van der Waals surface area contributed by atoms with E-state index in [2.05, 4.69) is 9.97 Å². The van der Waals surface area contributed by atoms with Gasteiger partial charge in [0.25, 0.3) is 0 Å². The van der Waals surface area contributed by atoms with Crippen LogP contribution in [0.4, 0.5) is 9.70 Å². The maximum atomic E-state index is 12.8. The molecule has 0 spiro atoms. The quantitative estimate of drug-likeness (QED) is 0.583. The Labute approximate surface area is 102 Å². The van der Waals surface area contributed by atoms with E-state index in [1.807, 2.05) is 0 Å². The Morgan fingerprint density at radius 3 is 2.76 bits per heavy atom. The maximum absolute atomic E-state index is 12.8. The van der Waals surface area contributed by atoms with Crippen molar-refractivity contribution in [1.29, 1.82) is 0 Å². The number of amides is 1. The van der Waals surface area contributed by atoms with Crippen molar-refractivity contribution in [2.75, 3.05) is 11.4 Å². The summed E-state index contributed by atoms with van der Waals surface area (Å²) in [6, 6.07) is 1.40. The Bertz CT molecular complexity index is 565. The highest BCUT2D eigenvalue weighted by Gasteiger charge is 2.39. The number of aromatic nitrogens is 2. The third-order valence-corrected chi connectivity index (χ3v) is 3.67. The molecule has 92 valence electrons. The minimum absolute atomic E-state index is 0.0677. The Morgan fingerprint density at radius 2 is 2.24 bits per heavy atom. The highest BCUT2D eigenvalue weighted by molar-refractivity contribution is 7.87. The zero-order chi connectivity index (χ0) is 12.6. The van der Waals surface area contributed by atoms with Crippen LogP contribution in [-0.2, 0) is 15.0 Å². The van der Waals surface area contributed by atoms with Crippen LogP contribution in [0.2, 0.25) is 5.28 Å². The average Bonchev–Trinajstić information content (AvgIpc) is 2.60. The molecule has 0 radical (unpaired) electrons. The second-order valence-electron chi connectivity index (χ2n) is 3.49. The van der Waals surface area contributed by atoms with Gasteiger partial charge in [0.05, 0.1) is 0 Å². The molecule has 1 unspecified atom stereocenters. The lowest BCUT2D eigenvalue weighted by Gasteiger charge is -2.14. The van der Waals surface area contributed by atoms with Crippen LogP contribution in [0.3, 0.4) is 0 Å². The zero-order valence-electron chi connectivity index (χ0n) is 8.38. The lowest BCUT2D eigenvalue weighted by atomic mass is 10.4. The second kappa shape index (κ2) is 4.19. The molecule has 17 heavy (non-hydrogen) atoms. The molecule has 0 N–H and O–H groups in total. The molecule has 6 nitrogen and oxygen atoms in total. The molecular weight excluding hydrogens is 273 g/mol. The lowest BCUT2D eigenvalue weighted by molar-refractivity contribution is -0.117. The van der Waals surface area contributed by atoms with Crippen LogP contribution in [0.1, 0.15) is 6.42 Å². The van der Waals surface area contributed by atoms with Crippen molar-refractivity contribution in [1.82, 2.24) is 9.97 Å². The first-order valence-corrected chi connectivity index (χ1v) is 6.43. The van der Waals surface area contributed by atoms with E-state index < -0.39 is 21.4 Å². The standard InChI is InChI=1S/C8H7ClFN3O3S/c9-8-11-2-1-6(12-8)13-4-5(3-7(13)14)17(10,15)16/h1-2,5H,3-4H2. The highest BCUT2D eigenvalue weighted by Crippen LogP contribution is 2.24. The number of nitrogens with zero attached hydrogens (tertiary/aromatic N) is 3.